The summed E-state index contributed by atoms with van der Waals surface area (Å²) in [6.45, 7) is 4.78. The zero-order valence-electron chi connectivity index (χ0n) is 11.8. The first-order chi connectivity index (χ1) is 9.66. The Labute approximate surface area is 124 Å². The number of rotatable bonds is 5. The lowest BCUT2D eigenvalue weighted by atomic mass is 9.96. The van der Waals surface area contributed by atoms with Gasteiger partial charge in [-0.1, -0.05) is 44.2 Å². The van der Waals surface area contributed by atoms with Gasteiger partial charge in [0, 0.05) is 6.54 Å². The minimum Gasteiger partial charge on any atom is -0.334 e. The molecule has 106 valence electrons. The van der Waals surface area contributed by atoms with Gasteiger partial charge in [-0.2, -0.15) is 11.3 Å². The SMILES string of the molecule is CC(C)C(NC(=O)NCc1ccsc1)c1ccccc1. The second-order valence-corrected chi connectivity index (χ2v) is 5.87. The summed E-state index contributed by atoms with van der Waals surface area (Å²) >= 11 is 1.64. The molecule has 4 heteroatoms. The normalized spacial score (nSPS) is 12.2. The minimum atomic E-state index is -0.126. The standard InChI is InChI=1S/C16H20N2OS/c1-12(2)15(14-6-4-3-5-7-14)18-16(19)17-10-13-8-9-20-11-13/h3-9,11-12,15H,10H2,1-2H3,(H2,17,18,19). The van der Waals surface area contributed by atoms with Gasteiger partial charge in [0.25, 0.3) is 0 Å². The maximum atomic E-state index is 12.0. The maximum Gasteiger partial charge on any atom is 0.315 e. The molecule has 1 unspecified atom stereocenters. The van der Waals surface area contributed by atoms with Gasteiger partial charge in [0.05, 0.1) is 6.04 Å². The van der Waals surface area contributed by atoms with Gasteiger partial charge in [-0.05, 0) is 33.9 Å². The number of amides is 2. The van der Waals surface area contributed by atoms with E-state index in [9.17, 15) is 4.79 Å². The van der Waals surface area contributed by atoms with Gasteiger partial charge in [-0.25, -0.2) is 4.79 Å². The Morgan fingerprint density at radius 2 is 1.95 bits per heavy atom. The Bertz CT molecular complexity index is 523. The van der Waals surface area contributed by atoms with Crippen LogP contribution in [0.15, 0.2) is 47.2 Å². The van der Waals surface area contributed by atoms with Crippen molar-refractivity contribution in [2.45, 2.75) is 26.4 Å². The largest absolute Gasteiger partial charge is 0.334 e. The Morgan fingerprint density at radius 1 is 1.20 bits per heavy atom. The van der Waals surface area contributed by atoms with Crippen molar-refractivity contribution in [1.82, 2.24) is 10.6 Å². The molecule has 0 aliphatic rings. The third-order valence-corrected chi connectivity index (χ3v) is 3.88. The summed E-state index contributed by atoms with van der Waals surface area (Å²) in [6.07, 6.45) is 0. The molecule has 2 aromatic rings. The Morgan fingerprint density at radius 3 is 2.55 bits per heavy atom. The van der Waals surface area contributed by atoms with Crippen LogP contribution in [0.1, 0.15) is 31.0 Å². The summed E-state index contributed by atoms with van der Waals surface area (Å²) in [5.41, 5.74) is 2.26. The molecule has 0 fully saturated rings. The number of hydrogen-bond acceptors (Lipinski definition) is 2. The molecule has 20 heavy (non-hydrogen) atoms. The van der Waals surface area contributed by atoms with Gasteiger partial charge in [0.1, 0.15) is 0 Å². The third-order valence-electron chi connectivity index (χ3n) is 3.15. The minimum absolute atomic E-state index is 0.0266. The van der Waals surface area contributed by atoms with Crippen LogP contribution >= 0.6 is 11.3 Å². The van der Waals surface area contributed by atoms with E-state index < -0.39 is 0 Å². The molecule has 1 heterocycles. The number of carbonyl (C=O) groups excluding carboxylic acids is 1. The van der Waals surface area contributed by atoms with Crippen molar-refractivity contribution in [3.63, 3.8) is 0 Å². The molecule has 0 saturated heterocycles. The van der Waals surface area contributed by atoms with Crippen molar-refractivity contribution in [2.75, 3.05) is 0 Å². The van der Waals surface area contributed by atoms with Gasteiger partial charge in [0.15, 0.2) is 0 Å². The van der Waals surface area contributed by atoms with Crippen LogP contribution in [0, 0.1) is 5.92 Å². The molecule has 1 atom stereocenters. The average Bonchev–Trinajstić information content (AvgIpc) is 2.96. The van der Waals surface area contributed by atoms with Crippen LogP contribution in [0.25, 0.3) is 0 Å². The van der Waals surface area contributed by atoms with Crippen LogP contribution in [0.3, 0.4) is 0 Å². The van der Waals surface area contributed by atoms with Crippen LogP contribution in [-0.4, -0.2) is 6.03 Å². The molecule has 0 aliphatic carbocycles. The number of nitrogens with one attached hydrogen (secondary N) is 2. The summed E-state index contributed by atoms with van der Waals surface area (Å²) in [7, 11) is 0. The average molecular weight is 288 g/mol. The zero-order valence-corrected chi connectivity index (χ0v) is 12.6. The lowest BCUT2D eigenvalue weighted by molar-refractivity contribution is 0.232. The number of benzene rings is 1. The van der Waals surface area contributed by atoms with Gasteiger partial charge in [-0.3, -0.25) is 0 Å². The van der Waals surface area contributed by atoms with E-state index in [1.807, 2.05) is 47.2 Å². The first-order valence-electron chi connectivity index (χ1n) is 6.77. The summed E-state index contributed by atoms with van der Waals surface area (Å²) in [4.78, 5) is 12.0. The van der Waals surface area contributed by atoms with E-state index in [0.29, 0.717) is 12.5 Å². The molecular weight excluding hydrogens is 268 g/mol. The predicted molar refractivity (Wildman–Crippen MR) is 83.7 cm³/mol. The smallest absolute Gasteiger partial charge is 0.315 e. The first kappa shape index (κ1) is 14.6. The van der Waals surface area contributed by atoms with E-state index in [1.165, 1.54) is 0 Å². The van der Waals surface area contributed by atoms with E-state index in [4.69, 9.17) is 0 Å². The fourth-order valence-electron chi connectivity index (χ4n) is 2.06. The molecule has 0 aliphatic heterocycles. The van der Waals surface area contributed by atoms with E-state index in [1.54, 1.807) is 11.3 Å². The molecule has 1 aromatic carbocycles. The topological polar surface area (TPSA) is 41.1 Å². The molecular formula is C16H20N2OS. The third kappa shape index (κ3) is 4.10. The second kappa shape index (κ2) is 7.10. The summed E-state index contributed by atoms with van der Waals surface area (Å²) in [6, 6.07) is 12.0. The highest BCUT2D eigenvalue weighted by atomic mass is 32.1. The van der Waals surface area contributed by atoms with Crippen molar-refractivity contribution in [3.05, 3.63) is 58.3 Å². The molecule has 2 rings (SSSR count). The highest BCUT2D eigenvalue weighted by Crippen LogP contribution is 2.21. The molecule has 3 nitrogen and oxygen atoms in total. The predicted octanol–water partition coefficient (Wildman–Crippen LogP) is 3.94. The van der Waals surface area contributed by atoms with E-state index in [0.717, 1.165) is 11.1 Å². The monoisotopic (exact) mass is 288 g/mol. The zero-order chi connectivity index (χ0) is 14.4. The van der Waals surface area contributed by atoms with Crippen molar-refractivity contribution < 1.29 is 4.79 Å². The number of carbonyl (C=O) groups is 1. The van der Waals surface area contributed by atoms with Crippen LogP contribution in [0.2, 0.25) is 0 Å². The maximum absolute atomic E-state index is 12.0. The lowest BCUT2D eigenvalue weighted by Crippen LogP contribution is -2.39. The molecule has 2 N–H and O–H groups in total. The molecule has 0 radical (unpaired) electrons. The Balaban J connectivity index is 1.93. The molecule has 0 bridgehead atoms. The van der Waals surface area contributed by atoms with Crippen LogP contribution in [0.4, 0.5) is 4.79 Å². The number of hydrogen-bond donors (Lipinski definition) is 2. The van der Waals surface area contributed by atoms with Gasteiger partial charge in [-0.15, -0.1) is 0 Å². The quantitative estimate of drug-likeness (QED) is 0.859. The first-order valence-corrected chi connectivity index (χ1v) is 7.71. The molecule has 0 saturated carbocycles. The van der Waals surface area contributed by atoms with Crippen molar-refractivity contribution >= 4 is 17.4 Å². The van der Waals surface area contributed by atoms with Crippen molar-refractivity contribution in [2.24, 2.45) is 5.92 Å². The molecule has 0 spiro atoms. The van der Waals surface area contributed by atoms with E-state index in [-0.39, 0.29) is 12.1 Å². The lowest BCUT2D eigenvalue weighted by Gasteiger charge is -2.23. The molecule has 1 aromatic heterocycles. The number of thiophene rings is 1. The Kier molecular flexibility index (Phi) is 5.18. The van der Waals surface area contributed by atoms with Gasteiger partial charge < -0.3 is 10.6 Å². The van der Waals surface area contributed by atoms with Crippen LogP contribution in [0.5, 0.6) is 0 Å². The van der Waals surface area contributed by atoms with Crippen molar-refractivity contribution in [3.8, 4) is 0 Å². The fourth-order valence-corrected chi connectivity index (χ4v) is 2.73. The summed E-state index contributed by atoms with van der Waals surface area (Å²) in [5, 5.41) is 9.99. The van der Waals surface area contributed by atoms with Crippen LogP contribution < -0.4 is 10.6 Å². The highest BCUT2D eigenvalue weighted by molar-refractivity contribution is 7.07. The Hall–Kier alpha value is -1.81. The second-order valence-electron chi connectivity index (χ2n) is 5.09. The summed E-state index contributed by atoms with van der Waals surface area (Å²) < 4.78 is 0. The van der Waals surface area contributed by atoms with E-state index in [2.05, 4.69) is 24.5 Å². The van der Waals surface area contributed by atoms with Crippen LogP contribution in [-0.2, 0) is 6.54 Å². The number of urea groups is 1. The van der Waals surface area contributed by atoms with Crippen molar-refractivity contribution in [1.29, 1.82) is 0 Å². The van der Waals surface area contributed by atoms with E-state index >= 15 is 0 Å². The fraction of sp³-hybridized carbons (Fsp3) is 0.312. The molecule has 2 amide bonds. The highest BCUT2D eigenvalue weighted by Gasteiger charge is 2.17. The summed E-state index contributed by atoms with van der Waals surface area (Å²) in [5.74, 6) is 0.337. The van der Waals surface area contributed by atoms with Gasteiger partial charge in [0.2, 0.25) is 0 Å². The van der Waals surface area contributed by atoms with Gasteiger partial charge >= 0.3 is 6.03 Å².